The molecule has 0 saturated carbocycles. The van der Waals surface area contributed by atoms with E-state index in [4.69, 9.17) is 25.1 Å². The van der Waals surface area contributed by atoms with Gasteiger partial charge in [-0.15, -0.1) is 0 Å². The lowest BCUT2D eigenvalue weighted by Crippen LogP contribution is -2.39. The highest BCUT2D eigenvalue weighted by molar-refractivity contribution is 5.69. The lowest BCUT2D eigenvalue weighted by Gasteiger charge is -2.28. The van der Waals surface area contributed by atoms with Gasteiger partial charge in [0.15, 0.2) is 11.5 Å². The molecule has 2 rings (SSSR count). The average Bonchev–Trinajstić information content (AvgIpc) is 2.86. The number of ether oxygens (including phenoxy) is 3. The largest absolute Gasteiger partial charge is 0.490 e. The second-order valence-electron chi connectivity index (χ2n) is 9.90. The summed E-state index contributed by atoms with van der Waals surface area (Å²) in [5.74, 6) is 0.379. The highest BCUT2D eigenvalue weighted by Gasteiger charge is 2.26. The first kappa shape index (κ1) is 29.6. The predicted octanol–water partition coefficient (Wildman–Crippen LogP) is 4.68. The van der Waals surface area contributed by atoms with Gasteiger partial charge in [0.05, 0.1) is 18.6 Å². The molecule has 0 unspecified atom stereocenters. The zero-order valence-corrected chi connectivity index (χ0v) is 22.1. The van der Waals surface area contributed by atoms with Gasteiger partial charge in [-0.25, -0.2) is 0 Å². The summed E-state index contributed by atoms with van der Waals surface area (Å²) in [7, 11) is 1.67. The number of aliphatic hydroxyl groups is 1. The molecule has 0 aliphatic heterocycles. The van der Waals surface area contributed by atoms with E-state index in [1.807, 2.05) is 48.5 Å². The van der Waals surface area contributed by atoms with Crippen LogP contribution in [-0.2, 0) is 22.6 Å². The van der Waals surface area contributed by atoms with E-state index in [2.05, 4.69) is 13.8 Å². The highest BCUT2D eigenvalue weighted by Crippen LogP contribution is 2.32. The number of methoxy groups -OCH3 is 1. The fourth-order valence-electron chi connectivity index (χ4n) is 4.07. The Morgan fingerprint density at radius 1 is 0.944 bits per heavy atom. The van der Waals surface area contributed by atoms with Gasteiger partial charge in [0.25, 0.3) is 0 Å². The number of carbonyl (C=O) groups is 1. The maximum atomic E-state index is 11.1. The molecule has 7 nitrogen and oxygen atoms in total. The minimum absolute atomic E-state index is 0.147. The first-order chi connectivity index (χ1) is 17.2. The number of carboxylic acids is 1. The third-order valence-corrected chi connectivity index (χ3v) is 6.52. The summed E-state index contributed by atoms with van der Waals surface area (Å²) in [5, 5.41) is 19.6. The summed E-state index contributed by atoms with van der Waals surface area (Å²) in [6.45, 7) is 7.46. The van der Waals surface area contributed by atoms with Crippen LogP contribution in [0.25, 0.3) is 0 Å². The van der Waals surface area contributed by atoms with Gasteiger partial charge in [-0.1, -0.05) is 57.2 Å². The summed E-state index contributed by atoms with van der Waals surface area (Å²) in [5.41, 5.74) is 8.48. The lowest BCUT2D eigenvalue weighted by molar-refractivity contribution is -0.142. The quantitative estimate of drug-likeness (QED) is 0.270. The Morgan fingerprint density at radius 2 is 1.67 bits per heavy atom. The van der Waals surface area contributed by atoms with Gasteiger partial charge >= 0.3 is 5.97 Å². The van der Waals surface area contributed by atoms with Crippen molar-refractivity contribution in [1.29, 1.82) is 0 Å². The molecule has 0 radical (unpaired) electrons. The van der Waals surface area contributed by atoms with Crippen molar-refractivity contribution in [2.45, 2.75) is 65.2 Å². The molecule has 0 amide bonds. The van der Waals surface area contributed by atoms with Gasteiger partial charge in [-0.2, -0.15) is 0 Å². The van der Waals surface area contributed by atoms with Crippen LogP contribution in [0.2, 0.25) is 0 Å². The zero-order valence-electron chi connectivity index (χ0n) is 22.1. The number of aliphatic carboxylic acids is 1. The van der Waals surface area contributed by atoms with Crippen molar-refractivity contribution in [1.82, 2.24) is 0 Å². The van der Waals surface area contributed by atoms with Crippen LogP contribution in [0, 0.1) is 17.8 Å². The number of hydrogen-bond donors (Lipinski definition) is 3. The van der Waals surface area contributed by atoms with E-state index in [0.29, 0.717) is 43.7 Å². The first-order valence-corrected chi connectivity index (χ1v) is 12.8. The Morgan fingerprint density at radius 3 is 2.31 bits per heavy atom. The number of aliphatic hydroxyl groups excluding tert-OH is 1. The van der Waals surface area contributed by atoms with Crippen LogP contribution in [-0.4, -0.2) is 48.7 Å². The molecule has 0 saturated heterocycles. The van der Waals surface area contributed by atoms with E-state index in [1.165, 1.54) is 0 Å². The van der Waals surface area contributed by atoms with Gasteiger partial charge in [0, 0.05) is 26.2 Å². The number of benzene rings is 2. The van der Waals surface area contributed by atoms with E-state index in [-0.39, 0.29) is 12.3 Å². The third kappa shape index (κ3) is 10.2. The van der Waals surface area contributed by atoms with Crippen molar-refractivity contribution in [3.05, 3.63) is 59.7 Å². The molecule has 0 heterocycles. The second kappa shape index (κ2) is 15.5. The molecule has 7 heteroatoms. The maximum absolute atomic E-state index is 11.1. The predicted molar refractivity (Wildman–Crippen MR) is 141 cm³/mol. The molecule has 0 aromatic heterocycles. The second-order valence-corrected chi connectivity index (χ2v) is 9.90. The lowest BCUT2D eigenvalue weighted by atomic mass is 9.82. The molecule has 0 fully saturated rings. The molecule has 0 aliphatic rings. The van der Waals surface area contributed by atoms with Crippen molar-refractivity contribution in [2.24, 2.45) is 23.5 Å². The van der Waals surface area contributed by atoms with Crippen LogP contribution in [0.5, 0.6) is 11.5 Å². The van der Waals surface area contributed by atoms with Crippen molar-refractivity contribution in [3.8, 4) is 11.5 Å². The molecule has 0 aliphatic carbocycles. The molecular weight excluding hydrogens is 458 g/mol. The molecule has 2 aromatic rings. The number of rotatable bonds is 17. The zero-order chi connectivity index (χ0) is 26.5. The summed E-state index contributed by atoms with van der Waals surface area (Å²) in [6.07, 6.45) is 1.43. The Kier molecular flexibility index (Phi) is 12.7. The molecule has 0 spiro atoms. The monoisotopic (exact) mass is 501 g/mol. The standard InChI is InChI=1S/C29H43NO6/c1-20(2)24(18-25(30)26(31)15-21(3)29(32)33)16-23-11-12-27(28(17-23)35-14-8-13-34-4)36-19-22-9-6-5-7-10-22/h5-7,9-12,17,20-21,24-26,31H,8,13-16,18-19,30H2,1-4H3,(H,32,33)/t21-,24+,25+,26+/m1/s1. The summed E-state index contributed by atoms with van der Waals surface area (Å²) >= 11 is 0. The van der Waals surface area contributed by atoms with Crippen LogP contribution >= 0.6 is 0 Å². The number of nitrogens with two attached hydrogens (primary N) is 1. The van der Waals surface area contributed by atoms with Gasteiger partial charge in [0.1, 0.15) is 6.61 Å². The normalized spacial score (nSPS) is 14.8. The Balaban J connectivity index is 2.11. The van der Waals surface area contributed by atoms with E-state index in [0.717, 1.165) is 24.0 Å². The summed E-state index contributed by atoms with van der Waals surface area (Å²) in [4.78, 5) is 11.1. The van der Waals surface area contributed by atoms with Gasteiger partial charge < -0.3 is 30.2 Å². The van der Waals surface area contributed by atoms with Crippen molar-refractivity contribution in [2.75, 3.05) is 20.3 Å². The minimum Gasteiger partial charge on any atom is -0.490 e. The number of carboxylic acid groups (broad SMARTS) is 1. The molecule has 36 heavy (non-hydrogen) atoms. The minimum atomic E-state index is -0.922. The Hall–Kier alpha value is -2.61. The van der Waals surface area contributed by atoms with E-state index >= 15 is 0 Å². The molecular formula is C29H43NO6. The first-order valence-electron chi connectivity index (χ1n) is 12.8. The van der Waals surface area contributed by atoms with Gasteiger partial charge in [0.2, 0.25) is 0 Å². The van der Waals surface area contributed by atoms with Crippen molar-refractivity contribution >= 4 is 5.97 Å². The van der Waals surface area contributed by atoms with Gasteiger partial charge in [-0.05, 0) is 54.4 Å². The van der Waals surface area contributed by atoms with E-state index in [9.17, 15) is 9.90 Å². The summed E-state index contributed by atoms with van der Waals surface area (Å²) in [6, 6.07) is 15.5. The van der Waals surface area contributed by atoms with E-state index < -0.39 is 24.0 Å². The van der Waals surface area contributed by atoms with Crippen LogP contribution in [0.15, 0.2) is 48.5 Å². The smallest absolute Gasteiger partial charge is 0.306 e. The molecule has 2 aromatic carbocycles. The molecule has 4 N–H and O–H groups in total. The fourth-order valence-corrected chi connectivity index (χ4v) is 4.07. The number of hydrogen-bond acceptors (Lipinski definition) is 6. The summed E-state index contributed by atoms with van der Waals surface area (Å²) < 4.78 is 17.3. The molecule has 0 bridgehead atoms. The fraction of sp³-hybridized carbons (Fsp3) is 0.552. The third-order valence-electron chi connectivity index (χ3n) is 6.52. The Labute approximate surface area is 215 Å². The molecule has 4 atom stereocenters. The topological polar surface area (TPSA) is 111 Å². The average molecular weight is 502 g/mol. The van der Waals surface area contributed by atoms with E-state index in [1.54, 1.807) is 14.0 Å². The SMILES string of the molecule is COCCCOc1cc(C[C@@H](C[C@H](N)[C@@H](O)C[C@@H](C)C(=O)O)C(C)C)ccc1OCc1ccccc1. The van der Waals surface area contributed by atoms with Crippen LogP contribution in [0.4, 0.5) is 0 Å². The Bertz CT molecular complexity index is 904. The van der Waals surface area contributed by atoms with Crippen LogP contribution in [0.3, 0.4) is 0 Å². The van der Waals surface area contributed by atoms with Crippen LogP contribution in [0.1, 0.15) is 51.2 Å². The molecule has 200 valence electrons. The highest BCUT2D eigenvalue weighted by atomic mass is 16.5. The van der Waals surface area contributed by atoms with Crippen molar-refractivity contribution < 1.29 is 29.2 Å². The van der Waals surface area contributed by atoms with Crippen LogP contribution < -0.4 is 15.2 Å². The maximum Gasteiger partial charge on any atom is 0.306 e. The van der Waals surface area contributed by atoms with Gasteiger partial charge in [-0.3, -0.25) is 4.79 Å². The van der Waals surface area contributed by atoms with Crippen molar-refractivity contribution in [3.63, 3.8) is 0 Å².